The van der Waals surface area contributed by atoms with Gasteiger partial charge in [0, 0.05) is 19.3 Å². The smallest absolute Gasteiger partial charge is 0.0725 e. The lowest BCUT2D eigenvalue weighted by molar-refractivity contribution is 0.131. The molecule has 0 bridgehead atoms. The average molecular weight is 168 g/mol. The molecule has 0 aromatic rings. The quantitative estimate of drug-likeness (QED) is 0.643. The minimum Gasteiger partial charge on any atom is -0.380 e. The van der Waals surface area contributed by atoms with Crippen LogP contribution in [0, 0.1) is 5.41 Å². The Bertz CT molecular complexity index is 109. The summed E-state index contributed by atoms with van der Waals surface area (Å²) in [6.07, 6.45) is 1.13. The summed E-state index contributed by atoms with van der Waals surface area (Å²) in [6, 6.07) is 0. The van der Waals surface area contributed by atoms with E-state index in [2.05, 4.69) is 0 Å². The van der Waals surface area contributed by atoms with Crippen LogP contribution in [-0.2, 0) is 4.74 Å². The first kappa shape index (κ1) is 9.27. The summed E-state index contributed by atoms with van der Waals surface area (Å²) in [5.74, 6) is 0.968. The zero-order chi connectivity index (χ0) is 5.98. The number of ether oxygens (including phenoxy) is 1. The van der Waals surface area contributed by atoms with Crippen molar-refractivity contribution in [2.24, 2.45) is 0 Å². The number of hydrogen-bond donors (Lipinski definition) is 1. The Hall–Kier alpha value is 0.270. The van der Waals surface area contributed by atoms with Crippen molar-refractivity contribution in [3.8, 4) is 0 Å². The molecule has 1 aliphatic rings. The Morgan fingerprint density at radius 3 is 2.67 bits per heavy atom. The van der Waals surface area contributed by atoms with Crippen LogP contribution in [0.4, 0.5) is 0 Å². The molecule has 1 atom stereocenters. The van der Waals surface area contributed by atoms with Crippen LogP contribution in [-0.4, -0.2) is 24.0 Å². The Kier molecular flexibility index (Phi) is 4.27. The summed E-state index contributed by atoms with van der Waals surface area (Å²) in [5, 5.41) is 7.93. The molecule has 0 aromatic heterocycles. The fourth-order valence-electron chi connectivity index (χ4n) is 0.670. The summed E-state index contributed by atoms with van der Waals surface area (Å²) in [4.78, 5) is 0. The predicted molar refractivity (Wildman–Crippen MR) is 42.8 cm³/mol. The third kappa shape index (κ3) is 2.56. The molecular weight excluding hydrogens is 158 g/mol. The highest BCUT2D eigenvalue weighted by Crippen LogP contribution is 2.21. The van der Waals surface area contributed by atoms with E-state index in [-0.39, 0.29) is 12.4 Å². The highest BCUT2D eigenvalue weighted by atomic mass is 35.5. The Morgan fingerprint density at radius 1 is 1.78 bits per heavy atom. The lowest BCUT2D eigenvalue weighted by Gasteiger charge is -2.00. The summed E-state index contributed by atoms with van der Waals surface area (Å²) >= 11 is 1.59. The summed E-state index contributed by atoms with van der Waals surface area (Å²) in [6.45, 7) is 0. The van der Waals surface area contributed by atoms with Gasteiger partial charge < -0.3 is 4.74 Å². The monoisotopic (exact) mass is 167 g/mol. The van der Waals surface area contributed by atoms with E-state index in [1.165, 1.54) is 0 Å². The van der Waals surface area contributed by atoms with Crippen LogP contribution in [0.1, 0.15) is 6.42 Å². The highest BCUT2D eigenvalue weighted by molar-refractivity contribution is 8.14. The van der Waals surface area contributed by atoms with Crippen molar-refractivity contribution in [2.45, 2.75) is 12.5 Å². The first-order valence-corrected chi connectivity index (χ1v) is 3.54. The van der Waals surface area contributed by atoms with Gasteiger partial charge in [0.15, 0.2) is 0 Å². The van der Waals surface area contributed by atoms with Crippen molar-refractivity contribution in [3.05, 3.63) is 0 Å². The van der Waals surface area contributed by atoms with Gasteiger partial charge in [-0.2, -0.15) is 0 Å². The van der Waals surface area contributed by atoms with Gasteiger partial charge in [0.1, 0.15) is 0 Å². The van der Waals surface area contributed by atoms with Crippen LogP contribution in [0.3, 0.4) is 0 Å². The lowest BCUT2D eigenvalue weighted by Crippen LogP contribution is -2.07. The first-order valence-electron chi connectivity index (χ1n) is 2.56. The standard InChI is InChI=1S/C5H9NOS.ClH/c1-7-4-2-5(6)8-3-4;/h4,6H,2-3H2,1H3;1H. The van der Waals surface area contributed by atoms with Crippen molar-refractivity contribution in [1.29, 1.82) is 5.41 Å². The van der Waals surface area contributed by atoms with E-state index in [1.807, 2.05) is 0 Å². The third-order valence-electron chi connectivity index (χ3n) is 1.19. The van der Waals surface area contributed by atoms with E-state index in [0.717, 1.165) is 17.2 Å². The molecule has 54 valence electrons. The molecule has 2 nitrogen and oxygen atoms in total. The number of methoxy groups -OCH3 is 1. The average Bonchev–Trinajstić information content (AvgIpc) is 2.14. The van der Waals surface area contributed by atoms with Gasteiger partial charge in [-0.1, -0.05) is 0 Å². The molecule has 0 spiro atoms. The molecule has 9 heavy (non-hydrogen) atoms. The molecule has 4 heteroatoms. The van der Waals surface area contributed by atoms with Crippen LogP contribution in [0.5, 0.6) is 0 Å². The number of rotatable bonds is 1. The van der Waals surface area contributed by atoms with Gasteiger partial charge in [-0.15, -0.1) is 24.2 Å². The SMILES string of the molecule is COC1CSC(=N)C1.Cl. The molecule has 1 N–H and O–H groups in total. The predicted octanol–water partition coefficient (Wildman–Crippen LogP) is 1.54. The van der Waals surface area contributed by atoms with Gasteiger partial charge in [0.25, 0.3) is 0 Å². The van der Waals surface area contributed by atoms with Crippen LogP contribution in [0.15, 0.2) is 0 Å². The van der Waals surface area contributed by atoms with E-state index in [0.29, 0.717) is 6.10 Å². The van der Waals surface area contributed by atoms with Gasteiger partial charge in [-0.05, 0) is 0 Å². The molecule has 0 aromatic carbocycles. The Morgan fingerprint density at radius 2 is 2.44 bits per heavy atom. The van der Waals surface area contributed by atoms with E-state index in [9.17, 15) is 0 Å². The second-order valence-electron chi connectivity index (χ2n) is 1.80. The van der Waals surface area contributed by atoms with Crippen molar-refractivity contribution >= 4 is 29.2 Å². The highest BCUT2D eigenvalue weighted by Gasteiger charge is 2.18. The van der Waals surface area contributed by atoms with Gasteiger partial charge in [0.05, 0.1) is 11.1 Å². The van der Waals surface area contributed by atoms with Crippen molar-refractivity contribution < 1.29 is 4.74 Å². The zero-order valence-electron chi connectivity index (χ0n) is 5.22. The fraction of sp³-hybridized carbons (Fsp3) is 0.800. The zero-order valence-corrected chi connectivity index (χ0v) is 6.85. The van der Waals surface area contributed by atoms with Crippen molar-refractivity contribution in [3.63, 3.8) is 0 Å². The minimum atomic E-state index is 0. The van der Waals surface area contributed by atoms with E-state index >= 15 is 0 Å². The van der Waals surface area contributed by atoms with Crippen LogP contribution >= 0.6 is 24.2 Å². The number of hydrogen-bond acceptors (Lipinski definition) is 3. The van der Waals surface area contributed by atoms with Gasteiger partial charge >= 0.3 is 0 Å². The second-order valence-corrected chi connectivity index (χ2v) is 2.91. The fourth-order valence-corrected chi connectivity index (χ4v) is 1.61. The topological polar surface area (TPSA) is 33.1 Å². The summed E-state index contributed by atoms with van der Waals surface area (Å²) in [5.41, 5.74) is 0. The molecule has 1 heterocycles. The molecular formula is C5H10ClNOS. The van der Waals surface area contributed by atoms with Crippen LogP contribution in [0.2, 0.25) is 0 Å². The van der Waals surface area contributed by atoms with Gasteiger partial charge in [0.2, 0.25) is 0 Å². The number of halogens is 1. The first-order chi connectivity index (χ1) is 3.83. The van der Waals surface area contributed by atoms with Crippen molar-refractivity contribution in [2.75, 3.05) is 12.9 Å². The Balaban J connectivity index is 0.000000640. The lowest BCUT2D eigenvalue weighted by atomic mass is 10.3. The maximum absolute atomic E-state index is 7.17. The normalized spacial score (nSPS) is 25.9. The van der Waals surface area contributed by atoms with Crippen molar-refractivity contribution in [1.82, 2.24) is 0 Å². The van der Waals surface area contributed by atoms with E-state index in [4.69, 9.17) is 10.1 Å². The number of nitrogens with one attached hydrogen (secondary N) is 1. The maximum Gasteiger partial charge on any atom is 0.0725 e. The van der Waals surface area contributed by atoms with Crippen LogP contribution in [0.25, 0.3) is 0 Å². The Labute approximate surface area is 65.3 Å². The molecule has 1 unspecified atom stereocenters. The molecule has 1 aliphatic heterocycles. The largest absolute Gasteiger partial charge is 0.380 e. The molecule has 1 fully saturated rings. The molecule has 1 rings (SSSR count). The third-order valence-corrected chi connectivity index (χ3v) is 2.24. The maximum atomic E-state index is 7.17. The molecule has 0 amide bonds. The summed E-state index contributed by atoms with van der Waals surface area (Å²) < 4.78 is 5.02. The molecule has 1 saturated heterocycles. The minimum absolute atomic E-state index is 0. The molecule has 0 radical (unpaired) electrons. The number of thioether (sulfide) groups is 1. The molecule has 0 saturated carbocycles. The summed E-state index contributed by atoms with van der Waals surface area (Å²) in [7, 11) is 1.70. The van der Waals surface area contributed by atoms with Crippen LogP contribution < -0.4 is 0 Å². The second kappa shape index (κ2) is 4.14. The van der Waals surface area contributed by atoms with E-state index in [1.54, 1.807) is 18.9 Å². The van der Waals surface area contributed by atoms with Gasteiger partial charge in [-0.3, -0.25) is 5.41 Å². The van der Waals surface area contributed by atoms with Gasteiger partial charge in [-0.25, -0.2) is 0 Å². The van der Waals surface area contributed by atoms with E-state index < -0.39 is 0 Å². The molecule has 0 aliphatic carbocycles.